The molecule has 5 rings (SSSR count). The molecule has 1 aliphatic rings. The van der Waals surface area contributed by atoms with Crippen LogP contribution in [-0.4, -0.2) is 42.0 Å². The highest BCUT2D eigenvalue weighted by molar-refractivity contribution is 7.99. The Morgan fingerprint density at radius 3 is 2.84 bits per heavy atom. The molecule has 0 saturated heterocycles. The summed E-state index contributed by atoms with van der Waals surface area (Å²) in [5.41, 5.74) is 2.06. The lowest BCUT2D eigenvalue weighted by Gasteiger charge is -2.21. The van der Waals surface area contributed by atoms with Crippen molar-refractivity contribution in [3.05, 3.63) is 80.2 Å². The van der Waals surface area contributed by atoms with Gasteiger partial charge in [-0.15, -0.1) is 21.5 Å². The Hall–Kier alpha value is -3.31. The first-order chi connectivity index (χ1) is 15.5. The van der Waals surface area contributed by atoms with Crippen LogP contribution in [0.2, 0.25) is 0 Å². The number of fused-ring (bicyclic) bond motifs is 1. The van der Waals surface area contributed by atoms with Gasteiger partial charge in [-0.2, -0.15) is 5.10 Å². The molecule has 0 radical (unpaired) electrons. The van der Waals surface area contributed by atoms with E-state index in [1.54, 1.807) is 34.8 Å². The summed E-state index contributed by atoms with van der Waals surface area (Å²) in [6, 6.07) is 11.2. The highest BCUT2D eigenvalue weighted by Gasteiger charge is 2.33. The fraction of sp³-hybridized carbons (Fsp3) is 0.190. The van der Waals surface area contributed by atoms with Gasteiger partial charge < -0.3 is 0 Å². The van der Waals surface area contributed by atoms with E-state index in [2.05, 4.69) is 20.3 Å². The van der Waals surface area contributed by atoms with Crippen molar-refractivity contribution in [3.63, 3.8) is 0 Å². The number of carbonyl (C=O) groups excluding carboxylic acids is 1. The van der Waals surface area contributed by atoms with Crippen molar-refractivity contribution < 1.29 is 9.18 Å². The van der Waals surface area contributed by atoms with Crippen LogP contribution in [0.3, 0.4) is 0 Å². The maximum Gasteiger partial charge on any atom is 0.253 e. The number of hydrazone groups is 1. The van der Waals surface area contributed by atoms with E-state index in [1.807, 2.05) is 17.5 Å². The van der Waals surface area contributed by atoms with Crippen molar-refractivity contribution in [3.8, 4) is 0 Å². The SMILES string of the molecule is Cc1cc(=O)[nH]c2nnc(SCC(=O)N3N=C(c4cccs4)C[C@H]3c3ccc(F)cc3)n12. The van der Waals surface area contributed by atoms with Crippen LogP contribution in [0.15, 0.2) is 62.9 Å². The molecule has 1 aliphatic heterocycles. The zero-order valence-corrected chi connectivity index (χ0v) is 18.5. The molecular formula is C21H17FN6O2S2. The van der Waals surface area contributed by atoms with Gasteiger partial charge in [0.25, 0.3) is 11.5 Å². The normalized spacial score (nSPS) is 16.0. The number of aryl methyl sites for hydroxylation is 1. The Balaban J connectivity index is 1.41. The van der Waals surface area contributed by atoms with Gasteiger partial charge in [-0.05, 0) is 36.1 Å². The van der Waals surface area contributed by atoms with Crippen molar-refractivity contribution >= 4 is 40.5 Å². The van der Waals surface area contributed by atoms with E-state index in [1.165, 1.54) is 35.0 Å². The van der Waals surface area contributed by atoms with Gasteiger partial charge in [0.05, 0.1) is 22.4 Å². The van der Waals surface area contributed by atoms with Gasteiger partial charge in [0, 0.05) is 18.2 Å². The molecule has 0 spiro atoms. The number of thiophene rings is 1. The fourth-order valence-corrected chi connectivity index (χ4v) is 5.20. The average molecular weight is 469 g/mol. The molecule has 8 nitrogen and oxygen atoms in total. The number of hydrogen-bond acceptors (Lipinski definition) is 7. The third kappa shape index (κ3) is 3.84. The smallest absolute Gasteiger partial charge is 0.253 e. The van der Waals surface area contributed by atoms with Gasteiger partial charge in [0.2, 0.25) is 5.78 Å². The molecule has 0 saturated carbocycles. The molecule has 11 heteroatoms. The van der Waals surface area contributed by atoms with Crippen LogP contribution in [0.1, 0.15) is 28.6 Å². The van der Waals surface area contributed by atoms with Crippen molar-refractivity contribution in [1.29, 1.82) is 0 Å². The summed E-state index contributed by atoms with van der Waals surface area (Å²) < 4.78 is 15.1. The van der Waals surface area contributed by atoms with E-state index in [0.717, 1.165) is 16.2 Å². The Bertz CT molecular complexity index is 1380. The lowest BCUT2D eigenvalue weighted by atomic mass is 10.0. The van der Waals surface area contributed by atoms with Crippen molar-refractivity contribution in [1.82, 2.24) is 24.6 Å². The summed E-state index contributed by atoms with van der Waals surface area (Å²) in [4.78, 5) is 28.5. The van der Waals surface area contributed by atoms with Gasteiger partial charge in [0.1, 0.15) is 5.82 Å². The quantitative estimate of drug-likeness (QED) is 0.453. The van der Waals surface area contributed by atoms with Crippen LogP contribution < -0.4 is 5.56 Å². The summed E-state index contributed by atoms with van der Waals surface area (Å²) in [5.74, 6) is -0.118. The number of aromatic amines is 1. The summed E-state index contributed by atoms with van der Waals surface area (Å²) >= 11 is 2.78. The number of halogens is 1. The second-order valence-electron chi connectivity index (χ2n) is 7.24. The van der Waals surface area contributed by atoms with Crippen molar-refractivity contribution in [2.75, 3.05) is 5.75 Å². The third-order valence-corrected chi connectivity index (χ3v) is 6.94. The number of nitrogens with one attached hydrogen (secondary N) is 1. The predicted octanol–water partition coefficient (Wildman–Crippen LogP) is 3.40. The minimum Gasteiger partial charge on any atom is -0.291 e. The molecule has 1 aromatic carbocycles. The Morgan fingerprint density at radius 1 is 1.28 bits per heavy atom. The number of thioether (sulfide) groups is 1. The van der Waals surface area contributed by atoms with Gasteiger partial charge >= 0.3 is 0 Å². The summed E-state index contributed by atoms with van der Waals surface area (Å²) in [6.07, 6.45) is 0.552. The predicted molar refractivity (Wildman–Crippen MR) is 121 cm³/mol. The molecule has 162 valence electrons. The monoisotopic (exact) mass is 468 g/mol. The molecule has 4 aromatic rings. The number of carbonyl (C=O) groups is 1. The number of benzene rings is 1. The summed E-state index contributed by atoms with van der Waals surface area (Å²) in [5, 5.41) is 16.6. The lowest BCUT2D eigenvalue weighted by molar-refractivity contribution is -0.130. The molecule has 4 heterocycles. The maximum absolute atomic E-state index is 13.4. The Labute approximate surface area is 189 Å². The standard InChI is InChI=1S/C21H17FN6O2S2/c1-12-9-18(29)23-20-24-25-21(27(12)20)32-11-19(30)28-16(13-4-6-14(22)7-5-13)10-15(26-28)17-3-2-8-31-17/h2-9,16H,10-11H2,1H3,(H,23,24,29)/t16-/m0/s1. The fourth-order valence-electron chi connectivity index (χ4n) is 3.63. The number of rotatable bonds is 5. The van der Waals surface area contributed by atoms with E-state index in [9.17, 15) is 14.0 Å². The van der Waals surface area contributed by atoms with Crippen LogP contribution in [0.4, 0.5) is 4.39 Å². The van der Waals surface area contributed by atoms with Crippen molar-refractivity contribution in [2.24, 2.45) is 5.10 Å². The van der Waals surface area contributed by atoms with Crippen LogP contribution in [0, 0.1) is 12.7 Å². The number of aromatic nitrogens is 4. The van der Waals surface area contributed by atoms with E-state index in [0.29, 0.717) is 23.0 Å². The summed E-state index contributed by atoms with van der Waals surface area (Å²) in [7, 11) is 0. The van der Waals surface area contributed by atoms with Gasteiger partial charge in [-0.25, -0.2) is 9.40 Å². The van der Waals surface area contributed by atoms with Crippen LogP contribution in [0.25, 0.3) is 5.78 Å². The van der Waals surface area contributed by atoms with Crippen LogP contribution in [-0.2, 0) is 4.79 Å². The van der Waals surface area contributed by atoms with Crippen molar-refractivity contribution in [2.45, 2.75) is 24.5 Å². The molecule has 1 atom stereocenters. The highest BCUT2D eigenvalue weighted by atomic mass is 32.2. The minimum atomic E-state index is -0.327. The first-order valence-corrected chi connectivity index (χ1v) is 11.6. The molecule has 0 aliphatic carbocycles. The molecule has 1 N–H and O–H groups in total. The Morgan fingerprint density at radius 2 is 2.09 bits per heavy atom. The van der Waals surface area contributed by atoms with Crippen LogP contribution >= 0.6 is 23.1 Å². The molecule has 3 aromatic heterocycles. The van der Waals surface area contributed by atoms with E-state index in [4.69, 9.17) is 0 Å². The molecule has 0 unspecified atom stereocenters. The van der Waals surface area contributed by atoms with Gasteiger partial charge in [-0.1, -0.05) is 30.0 Å². The molecule has 0 fully saturated rings. The lowest BCUT2D eigenvalue weighted by Crippen LogP contribution is -2.28. The van der Waals surface area contributed by atoms with E-state index >= 15 is 0 Å². The third-order valence-electron chi connectivity index (χ3n) is 5.11. The first-order valence-electron chi connectivity index (χ1n) is 9.76. The molecular weight excluding hydrogens is 451 g/mol. The first kappa shape index (κ1) is 20.6. The molecule has 0 bridgehead atoms. The maximum atomic E-state index is 13.4. The number of hydrogen-bond donors (Lipinski definition) is 1. The topological polar surface area (TPSA) is 95.7 Å². The van der Waals surface area contributed by atoms with Gasteiger partial charge in [-0.3, -0.25) is 19.0 Å². The van der Waals surface area contributed by atoms with E-state index < -0.39 is 0 Å². The molecule has 1 amide bonds. The minimum absolute atomic E-state index is 0.0816. The molecule has 32 heavy (non-hydrogen) atoms. The zero-order chi connectivity index (χ0) is 22.2. The Kier molecular flexibility index (Phi) is 5.35. The number of H-pyrrole nitrogens is 1. The zero-order valence-electron chi connectivity index (χ0n) is 16.9. The largest absolute Gasteiger partial charge is 0.291 e. The number of nitrogens with zero attached hydrogens (tertiary/aromatic N) is 5. The highest BCUT2D eigenvalue weighted by Crippen LogP contribution is 2.34. The van der Waals surface area contributed by atoms with Gasteiger partial charge in [0.15, 0.2) is 5.16 Å². The van der Waals surface area contributed by atoms with Crippen LogP contribution in [0.5, 0.6) is 0 Å². The second kappa shape index (κ2) is 8.32. The van der Waals surface area contributed by atoms with E-state index in [-0.39, 0.29) is 29.1 Å². The average Bonchev–Trinajstić information content (AvgIpc) is 3.51. The second-order valence-corrected chi connectivity index (χ2v) is 9.13. The summed E-state index contributed by atoms with van der Waals surface area (Å²) in [6.45, 7) is 1.78. The number of amides is 1.